The molecule has 18 heavy (non-hydrogen) atoms. The number of benzene rings is 1. The molecular formula is C14H17ClO3. The molecule has 1 N–H and O–H groups in total. The Morgan fingerprint density at radius 1 is 1.22 bits per heavy atom. The second-order valence-electron chi connectivity index (χ2n) is 4.75. The maximum atomic E-state index is 10.8. The molecule has 1 aliphatic rings. The van der Waals surface area contributed by atoms with Crippen molar-refractivity contribution in [2.24, 2.45) is 5.92 Å². The van der Waals surface area contributed by atoms with Crippen LogP contribution in [-0.4, -0.2) is 17.2 Å². The normalized spacial score (nSPS) is 23.8. The lowest BCUT2D eigenvalue weighted by molar-refractivity contribution is -0.143. The number of rotatable bonds is 4. The van der Waals surface area contributed by atoms with Crippen LogP contribution in [0.2, 0.25) is 5.02 Å². The summed E-state index contributed by atoms with van der Waals surface area (Å²) in [6.45, 7) is 0.569. The first-order chi connectivity index (χ1) is 8.65. The van der Waals surface area contributed by atoms with Gasteiger partial charge in [-0.2, -0.15) is 0 Å². The highest BCUT2D eigenvalue weighted by molar-refractivity contribution is 6.30. The maximum Gasteiger partial charge on any atom is 0.306 e. The molecule has 0 bridgehead atoms. The second kappa shape index (κ2) is 6.21. The molecule has 0 spiro atoms. The Morgan fingerprint density at radius 3 is 2.39 bits per heavy atom. The molecule has 98 valence electrons. The van der Waals surface area contributed by atoms with Crippen LogP contribution in [0.1, 0.15) is 31.2 Å². The van der Waals surface area contributed by atoms with E-state index in [-0.39, 0.29) is 12.0 Å². The molecule has 3 nitrogen and oxygen atoms in total. The summed E-state index contributed by atoms with van der Waals surface area (Å²) < 4.78 is 5.80. The van der Waals surface area contributed by atoms with E-state index >= 15 is 0 Å². The average molecular weight is 269 g/mol. The third-order valence-electron chi connectivity index (χ3n) is 3.42. The Labute approximate surface area is 112 Å². The molecule has 1 fully saturated rings. The van der Waals surface area contributed by atoms with Gasteiger partial charge in [-0.05, 0) is 43.4 Å². The van der Waals surface area contributed by atoms with Crippen LogP contribution in [0.3, 0.4) is 0 Å². The summed E-state index contributed by atoms with van der Waals surface area (Å²) in [5.74, 6) is -0.855. The van der Waals surface area contributed by atoms with E-state index in [1.165, 1.54) is 0 Å². The van der Waals surface area contributed by atoms with E-state index in [1.807, 2.05) is 24.3 Å². The van der Waals surface area contributed by atoms with E-state index < -0.39 is 5.97 Å². The number of carboxylic acids is 1. The van der Waals surface area contributed by atoms with Crippen molar-refractivity contribution in [1.29, 1.82) is 0 Å². The minimum atomic E-state index is -0.675. The Morgan fingerprint density at radius 2 is 1.83 bits per heavy atom. The minimum Gasteiger partial charge on any atom is -0.481 e. The molecule has 0 aromatic heterocycles. The topological polar surface area (TPSA) is 46.5 Å². The molecule has 0 amide bonds. The number of carboxylic acid groups (broad SMARTS) is 1. The molecule has 0 atom stereocenters. The molecule has 1 aromatic rings. The number of hydrogen-bond donors (Lipinski definition) is 1. The van der Waals surface area contributed by atoms with Crippen molar-refractivity contribution in [2.75, 3.05) is 0 Å². The Kier molecular flexibility index (Phi) is 4.61. The van der Waals surface area contributed by atoms with Gasteiger partial charge in [0.1, 0.15) is 0 Å². The standard InChI is InChI=1S/C14H17ClO3/c15-12-5-1-10(2-6-12)9-18-13-7-3-11(4-8-13)14(16)17/h1-2,5-6,11,13H,3-4,7-9H2,(H,16,17)/t11-,13-. The smallest absolute Gasteiger partial charge is 0.306 e. The molecule has 0 unspecified atom stereocenters. The summed E-state index contributed by atoms with van der Waals surface area (Å²) in [6, 6.07) is 7.60. The molecular weight excluding hydrogens is 252 g/mol. The van der Waals surface area contributed by atoms with Gasteiger partial charge in [-0.3, -0.25) is 4.79 Å². The van der Waals surface area contributed by atoms with Crippen LogP contribution in [0.5, 0.6) is 0 Å². The lowest BCUT2D eigenvalue weighted by atomic mass is 9.87. The van der Waals surface area contributed by atoms with Gasteiger partial charge in [-0.15, -0.1) is 0 Å². The van der Waals surface area contributed by atoms with Crippen molar-refractivity contribution >= 4 is 17.6 Å². The number of halogens is 1. The van der Waals surface area contributed by atoms with E-state index in [0.29, 0.717) is 6.61 Å². The van der Waals surface area contributed by atoms with Gasteiger partial charge < -0.3 is 9.84 Å². The molecule has 0 aliphatic heterocycles. The van der Waals surface area contributed by atoms with Gasteiger partial charge in [0.15, 0.2) is 0 Å². The largest absolute Gasteiger partial charge is 0.481 e. The van der Waals surface area contributed by atoms with E-state index in [2.05, 4.69) is 0 Å². The second-order valence-corrected chi connectivity index (χ2v) is 5.19. The lowest BCUT2D eigenvalue weighted by Gasteiger charge is -2.26. The SMILES string of the molecule is O=C(O)[C@H]1CC[C@H](OCc2ccc(Cl)cc2)CC1. The lowest BCUT2D eigenvalue weighted by Crippen LogP contribution is -2.25. The fourth-order valence-electron chi connectivity index (χ4n) is 2.27. The van der Waals surface area contributed by atoms with Crippen molar-refractivity contribution in [3.05, 3.63) is 34.9 Å². The molecule has 2 rings (SSSR count). The third-order valence-corrected chi connectivity index (χ3v) is 3.67. The zero-order valence-corrected chi connectivity index (χ0v) is 10.9. The van der Waals surface area contributed by atoms with Crippen LogP contribution in [0.15, 0.2) is 24.3 Å². The van der Waals surface area contributed by atoms with Gasteiger partial charge in [-0.25, -0.2) is 0 Å². The molecule has 0 saturated heterocycles. The summed E-state index contributed by atoms with van der Waals surface area (Å²) in [5.41, 5.74) is 1.10. The third kappa shape index (κ3) is 3.72. The fourth-order valence-corrected chi connectivity index (χ4v) is 2.40. The number of hydrogen-bond acceptors (Lipinski definition) is 2. The number of carbonyl (C=O) groups is 1. The van der Waals surface area contributed by atoms with Gasteiger partial charge >= 0.3 is 5.97 Å². The van der Waals surface area contributed by atoms with Crippen molar-refractivity contribution < 1.29 is 14.6 Å². The van der Waals surface area contributed by atoms with Gasteiger partial charge in [0.2, 0.25) is 0 Å². The van der Waals surface area contributed by atoms with Gasteiger partial charge in [-0.1, -0.05) is 23.7 Å². The maximum absolute atomic E-state index is 10.8. The first-order valence-electron chi connectivity index (χ1n) is 6.24. The van der Waals surface area contributed by atoms with Crippen LogP contribution >= 0.6 is 11.6 Å². The summed E-state index contributed by atoms with van der Waals surface area (Å²) in [4.78, 5) is 10.8. The summed E-state index contributed by atoms with van der Waals surface area (Å²) in [5, 5.41) is 9.63. The van der Waals surface area contributed by atoms with E-state index in [0.717, 1.165) is 36.3 Å². The van der Waals surface area contributed by atoms with Crippen molar-refractivity contribution in [2.45, 2.75) is 38.4 Å². The molecule has 0 radical (unpaired) electrons. The fraction of sp³-hybridized carbons (Fsp3) is 0.500. The average Bonchev–Trinajstić information content (AvgIpc) is 2.38. The quantitative estimate of drug-likeness (QED) is 0.909. The van der Waals surface area contributed by atoms with Crippen LogP contribution in [0, 0.1) is 5.92 Å². The van der Waals surface area contributed by atoms with Crippen LogP contribution in [-0.2, 0) is 16.1 Å². The van der Waals surface area contributed by atoms with Gasteiger partial charge in [0.05, 0.1) is 18.6 Å². The minimum absolute atomic E-state index is 0.180. The Bertz CT molecular complexity index is 394. The summed E-state index contributed by atoms with van der Waals surface area (Å²) in [6.07, 6.45) is 3.31. The predicted octanol–water partition coefficient (Wildman–Crippen LogP) is 3.50. The van der Waals surface area contributed by atoms with E-state index in [4.69, 9.17) is 21.4 Å². The molecule has 4 heteroatoms. The van der Waals surface area contributed by atoms with Crippen molar-refractivity contribution in [1.82, 2.24) is 0 Å². The van der Waals surface area contributed by atoms with E-state index in [1.54, 1.807) is 0 Å². The van der Waals surface area contributed by atoms with Crippen LogP contribution in [0.4, 0.5) is 0 Å². The Hall–Kier alpha value is -1.06. The molecule has 1 aromatic carbocycles. The van der Waals surface area contributed by atoms with Crippen molar-refractivity contribution in [3.8, 4) is 0 Å². The van der Waals surface area contributed by atoms with Crippen LogP contribution in [0.25, 0.3) is 0 Å². The summed E-state index contributed by atoms with van der Waals surface area (Å²) >= 11 is 5.81. The number of ether oxygens (including phenoxy) is 1. The highest BCUT2D eigenvalue weighted by Gasteiger charge is 2.26. The Balaban J connectivity index is 1.75. The first-order valence-corrected chi connectivity index (χ1v) is 6.62. The highest BCUT2D eigenvalue weighted by atomic mass is 35.5. The molecule has 1 aliphatic carbocycles. The molecule has 1 saturated carbocycles. The van der Waals surface area contributed by atoms with Crippen LogP contribution < -0.4 is 0 Å². The highest BCUT2D eigenvalue weighted by Crippen LogP contribution is 2.27. The predicted molar refractivity (Wildman–Crippen MR) is 69.6 cm³/mol. The summed E-state index contributed by atoms with van der Waals surface area (Å²) in [7, 11) is 0. The van der Waals surface area contributed by atoms with E-state index in [9.17, 15) is 4.79 Å². The zero-order chi connectivity index (χ0) is 13.0. The number of aliphatic carboxylic acids is 1. The van der Waals surface area contributed by atoms with Crippen molar-refractivity contribution in [3.63, 3.8) is 0 Å². The first kappa shape index (κ1) is 13.4. The molecule has 0 heterocycles. The van der Waals surface area contributed by atoms with Gasteiger partial charge in [0.25, 0.3) is 0 Å². The van der Waals surface area contributed by atoms with Gasteiger partial charge in [0, 0.05) is 5.02 Å². The monoisotopic (exact) mass is 268 g/mol. The zero-order valence-electron chi connectivity index (χ0n) is 10.1.